The molecular formula is C10H10ClN3O. The van der Waals surface area contributed by atoms with Gasteiger partial charge in [0.25, 0.3) is 0 Å². The first-order chi connectivity index (χ1) is 7.29. The maximum absolute atomic E-state index is 8.74. The molecule has 15 heavy (non-hydrogen) atoms. The van der Waals surface area contributed by atoms with Crippen molar-refractivity contribution >= 4 is 11.6 Å². The molecule has 0 spiro atoms. The molecule has 0 amide bonds. The second-order valence-corrected chi connectivity index (χ2v) is 3.73. The Balaban J connectivity index is 1.99. The van der Waals surface area contributed by atoms with E-state index >= 15 is 0 Å². The van der Waals surface area contributed by atoms with Crippen molar-refractivity contribution < 1.29 is 4.74 Å². The Hall–Kier alpha value is -1.31. The first kappa shape index (κ1) is 10.2. The van der Waals surface area contributed by atoms with Crippen molar-refractivity contribution in [1.29, 1.82) is 5.26 Å². The lowest BCUT2D eigenvalue weighted by molar-refractivity contribution is 0.217. The van der Waals surface area contributed by atoms with Gasteiger partial charge in [-0.3, -0.25) is 0 Å². The number of aromatic nitrogens is 1. The standard InChI is InChI=1S/C10H10ClN3O/c11-10-7(4-12)3-9(5-14-10)15-6-8-1-2-13-8/h3,5,8,13H,1-2,6H2/t8-/m1/s1. The fourth-order valence-electron chi connectivity index (χ4n) is 1.27. The maximum Gasteiger partial charge on any atom is 0.147 e. The highest BCUT2D eigenvalue weighted by molar-refractivity contribution is 6.30. The predicted octanol–water partition coefficient (Wildman–Crippen LogP) is 1.35. The smallest absolute Gasteiger partial charge is 0.147 e. The van der Waals surface area contributed by atoms with Gasteiger partial charge in [-0.1, -0.05) is 11.6 Å². The summed E-state index contributed by atoms with van der Waals surface area (Å²) in [5.74, 6) is 0.588. The van der Waals surface area contributed by atoms with Crippen LogP contribution in [0.25, 0.3) is 0 Å². The Morgan fingerprint density at radius 3 is 3.13 bits per heavy atom. The molecule has 5 heteroatoms. The Morgan fingerprint density at radius 2 is 2.53 bits per heavy atom. The molecule has 0 aliphatic carbocycles. The van der Waals surface area contributed by atoms with Gasteiger partial charge in [-0.25, -0.2) is 4.98 Å². The number of nitrogens with one attached hydrogen (secondary N) is 1. The topological polar surface area (TPSA) is 57.9 Å². The molecule has 1 fully saturated rings. The molecule has 0 radical (unpaired) electrons. The van der Waals surface area contributed by atoms with Crippen LogP contribution in [0.1, 0.15) is 12.0 Å². The molecule has 2 rings (SSSR count). The summed E-state index contributed by atoms with van der Waals surface area (Å²) in [5, 5.41) is 12.2. The van der Waals surface area contributed by atoms with Crippen molar-refractivity contribution in [3.8, 4) is 11.8 Å². The SMILES string of the molecule is N#Cc1cc(OC[C@H]2CCN2)cnc1Cl. The summed E-state index contributed by atoms with van der Waals surface area (Å²) in [4.78, 5) is 3.87. The van der Waals surface area contributed by atoms with Crippen LogP contribution >= 0.6 is 11.6 Å². The van der Waals surface area contributed by atoms with E-state index in [2.05, 4.69) is 10.3 Å². The zero-order chi connectivity index (χ0) is 10.7. The molecule has 0 bridgehead atoms. The molecule has 0 aromatic carbocycles. The van der Waals surface area contributed by atoms with Crippen LogP contribution in [0, 0.1) is 11.3 Å². The maximum atomic E-state index is 8.74. The van der Waals surface area contributed by atoms with E-state index in [1.807, 2.05) is 6.07 Å². The average Bonchev–Trinajstić information content (AvgIpc) is 2.18. The third kappa shape index (κ3) is 2.38. The Morgan fingerprint density at radius 1 is 1.73 bits per heavy atom. The number of nitrogens with zero attached hydrogens (tertiary/aromatic N) is 2. The zero-order valence-electron chi connectivity index (χ0n) is 8.03. The second-order valence-electron chi connectivity index (χ2n) is 3.37. The van der Waals surface area contributed by atoms with Crippen molar-refractivity contribution in [2.75, 3.05) is 13.2 Å². The fourth-order valence-corrected chi connectivity index (χ4v) is 1.42. The molecule has 1 aliphatic rings. The van der Waals surface area contributed by atoms with E-state index in [9.17, 15) is 0 Å². The molecular weight excluding hydrogens is 214 g/mol. The molecule has 1 atom stereocenters. The highest BCUT2D eigenvalue weighted by Crippen LogP contribution is 2.18. The molecule has 4 nitrogen and oxygen atoms in total. The molecule has 2 heterocycles. The molecule has 78 valence electrons. The van der Waals surface area contributed by atoms with Gasteiger partial charge in [-0.2, -0.15) is 5.26 Å². The number of nitriles is 1. The largest absolute Gasteiger partial charge is 0.490 e. The van der Waals surface area contributed by atoms with Crippen molar-refractivity contribution in [2.24, 2.45) is 0 Å². The number of pyridine rings is 1. The van der Waals surface area contributed by atoms with Crippen LogP contribution in [-0.2, 0) is 0 Å². The molecule has 0 saturated carbocycles. The summed E-state index contributed by atoms with van der Waals surface area (Å²) in [6.07, 6.45) is 2.66. The summed E-state index contributed by atoms with van der Waals surface area (Å²) in [6, 6.07) is 3.99. The Kier molecular flexibility index (Phi) is 3.05. The number of hydrogen-bond acceptors (Lipinski definition) is 4. The van der Waals surface area contributed by atoms with E-state index in [1.165, 1.54) is 6.20 Å². The van der Waals surface area contributed by atoms with Gasteiger partial charge in [0.2, 0.25) is 0 Å². The summed E-state index contributed by atoms with van der Waals surface area (Å²) < 4.78 is 5.47. The van der Waals surface area contributed by atoms with Crippen LogP contribution in [0.5, 0.6) is 5.75 Å². The molecule has 1 aliphatic heterocycles. The van der Waals surface area contributed by atoms with E-state index in [4.69, 9.17) is 21.6 Å². The van der Waals surface area contributed by atoms with Crippen LogP contribution < -0.4 is 10.1 Å². The van der Waals surface area contributed by atoms with E-state index in [1.54, 1.807) is 6.07 Å². The highest BCUT2D eigenvalue weighted by Gasteiger charge is 2.16. The van der Waals surface area contributed by atoms with E-state index in [-0.39, 0.29) is 5.15 Å². The van der Waals surface area contributed by atoms with Gasteiger partial charge in [-0.05, 0) is 13.0 Å². The second kappa shape index (κ2) is 4.47. The van der Waals surface area contributed by atoms with Crippen LogP contribution in [0.2, 0.25) is 5.15 Å². The summed E-state index contributed by atoms with van der Waals surface area (Å²) >= 11 is 5.70. The Bertz CT molecular complexity index is 398. The quantitative estimate of drug-likeness (QED) is 0.786. The van der Waals surface area contributed by atoms with Gasteiger partial charge < -0.3 is 10.1 Å². The van der Waals surface area contributed by atoms with Gasteiger partial charge in [0, 0.05) is 12.1 Å². The Labute approximate surface area is 92.8 Å². The minimum Gasteiger partial charge on any atom is -0.490 e. The van der Waals surface area contributed by atoms with Gasteiger partial charge in [0.1, 0.15) is 23.6 Å². The third-order valence-corrected chi connectivity index (χ3v) is 2.61. The molecule has 0 unspecified atom stereocenters. The van der Waals surface area contributed by atoms with Crippen molar-refractivity contribution in [2.45, 2.75) is 12.5 Å². The number of rotatable bonds is 3. The minimum absolute atomic E-state index is 0.214. The number of ether oxygens (including phenoxy) is 1. The van der Waals surface area contributed by atoms with Gasteiger partial charge in [-0.15, -0.1) is 0 Å². The minimum atomic E-state index is 0.214. The van der Waals surface area contributed by atoms with Crippen molar-refractivity contribution in [1.82, 2.24) is 10.3 Å². The number of hydrogen-bond donors (Lipinski definition) is 1. The van der Waals surface area contributed by atoms with Crippen molar-refractivity contribution in [3.63, 3.8) is 0 Å². The van der Waals surface area contributed by atoms with E-state index < -0.39 is 0 Å². The third-order valence-electron chi connectivity index (χ3n) is 2.31. The fraction of sp³-hybridized carbons (Fsp3) is 0.400. The molecule has 1 N–H and O–H groups in total. The number of halogens is 1. The first-order valence-corrected chi connectivity index (χ1v) is 5.09. The monoisotopic (exact) mass is 223 g/mol. The van der Waals surface area contributed by atoms with Crippen LogP contribution in [-0.4, -0.2) is 24.2 Å². The molecule has 1 aromatic rings. The zero-order valence-corrected chi connectivity index (χ0v) is 8.79. The summed E-state index contributed by atoms with van der Waals surface area (Å²) in [7, 11) is 0. The van der Waals surface area contributed by atoms with Gasteiger partial charge >= 0.3 is 0 Å². The summed E-state index contributed by atoms with van der Waals surface area (Å²) in [5.41, 5.74) is 0.343. The van der Waals surface area contributed by atoms with Crippen LogP contribution in [0.15, 0.2) is 12.3 Å². The van der Waals surface area contributed by atoms with Gasteiger partial charge in [0.05, 0.1) is 11.8 Å². The lowest BCUT2D eigenvalue weighted by Gasteiger charge is -2.27. The van der Waals surface area contributed by atoms with Crippen LogP contribution in [0.4, 0.5) is 0 Å². The van der Waals surface area contributed by atoms with E-state index in [0.717, 1.165) is 13.0 Å². The van der Waals surface area contributed by atoms with Crippen molar-refractivity contribution in [3.05, 3.63) is 23.0 Å². The van der Waals surface area contributed by atoms with Crippen LogP contribution in [0.3, 0.4) is 0 Å². The highest BCUT2D eigenvalue weighted by atomic mass is 35.5. The predicted molar refractivity (Wildman–Crippen MR) is 55.9 cm³/mol. The molecule has 1 saturated heterocycles. The lowest BCUT2D eigenvalue weighted by Crippen LogP contribution is -2.46. The average molecular weight is 224 g/mol. The normalized spacial score (nSPS) is 19.1. The molecule has 1 aromatic heterocycles. The lowest BCUT2D eigenvalue weighted by atomic mass is 10.1. The first-order valence-electron chi connectivity index (χ1n) is 4.71. The van der Waals surface area contributed by atoms with Gasteiger partial charge in [0.15, 0.2) is 0 Å². The van der Waals surface area contributed by atoms with E-state index in [0.29, 0.717) is 24.0 Å². The summed E-state index contributed by atoms with van der Waals surface area (Å²) in [6.45, 7) is 1.66.